The minimum Gasteiger partial charge on any atom is -0.304 e. The zero-order valence-electron chi connectivity index (χ0n) is 7.94. The third-order valence-electron chi connectivity index (χ3n) is 1.93. The molecule has 2 aromatic rings. The molecule has 0 unspecified atom stereocenters. The third-order valence-corrected chi connectivity index (χ3v) is 1.93. The molecule has 0 N–H and O–H groups in total. The van der Waals surface area contributed by atoms with Crippen LogP contribution in [0.5, 0.6) is 0 Å². The van der Waals surface area contributed by atoms with Gasteiger partial charge in [-0.25, -0.2) is 4.98 Å². The molecule has 0 bridgehead atoms. The van der Waals surface area contributed by atoms with Gasteiger partial charge in [0.25, 0.3) is 0 Å². The van der Waals surface area contributed by atoms with E-state index in [4.69, 9.17) is 0 Å². The normalized spacial score (nSPS) is 11.3. The third kappa shape index (κ3) is 1.69. The van der Waals surface area contributed by atoms with E-state index in [0.29, 0.717) is 5.92 Å². The van der Waals surface area contributed by atoms with E-state index < -0.39 is 0 Å². The molecule has 3 heteroatoms. The molecule has 0 atom stereocenters. The molecule has 2 rings (SSSR count). The predicted molar refractivity (Wildman–Crippen MR) is 51.5 cm³/mol. The van der Waals surface area contributed by atoms with Crippen LogP contribution in [0.15, 0.2) is 24.8 Å². The molecule has 2 heterocycles. The Balaban J connectivity index is 2.38. The molecule has 0 aromatic carbocycles. The number of hydrogen-bond acceptors (Lipinski definition) is 2. The van der Waals surface area contributed by atoms with Crippen molar-refractivity contribution in [3.05, 3.63) is 30.5 Å². The van der Waals surface area contributed by atoms with Crippen LogP contribution in [-0.4, -0.2) is 14.4 Å². The molecular weight excluding hydrogens is 162 g/mol. The van der Waals surface area contributed by atoms with Gasteiger partial charge in [0, 0.05) is 18.6 Å². The van der Waals surface area contributed by atoms with Gasteiger partial charge in [-0.15, -0.1) is 0 Å². The summed E-state index contributed by atoms with van der Waals surface area (Å²) in [6.45, 7) is 4.39. The van der Waals surface area contributed by atoms with E-state index in [1.54, 1.807) is 12.4 Å². The van der Waals surface area contributed by atoms with Crippen molar-refractivity contribution in [1.29, 1.82) is 0 Å². The second-order valence-corrected chi connectivity index (χ2v) is 3.67. The SMILES string of the molecule is CC(C)Cc1cn2ccncc2n1. The van der Waals surface area contributed by atoms with Gasteiger partial charge in [-0.05, 0) is 12.3 Å². The summed E-state index contributed by atoms with van der Waals surface area (Å²) in [5.41, 5.74) is 2.07. The first-order valence-electron chi connectivity index (χ1n) is 4.53. The van der Waals surface area contributed by atoms with Gasteiger partial charge in [-0.1, -0.05) is 13.8 Å². The summed E-state index contributed by atoms with van der Waals surface area (Å²) in [6, 6.07) is 0. The molecule has 0 aliphatic rings. The zero-order valence-corrected chi connectivity index (χ0v) is 7.94. The summed E-state index contributed by atoms with van der Waals surface area (Å²) in [6.07, 6.45) is 8.57. The lowest BCUT2D eigenvalue weighted by Gasteiger charge is -1.97. The monoisotopic (exact) mass is 175 g/mol. The van der Waals surface area contributed by atoms with Crippen molar-refractivity contribution in [1.82, 2.24) is 14.4 Å². The van der Waals surface area contributed by atoms with E-state index in [2.05, 4.69) is 30.0 Å². The van der Waals surface area contributed by atoms with E-state index in [0.717, 1.165) is 17.8 Å². The van der Waals surface area contributed by atoms with Crippen molar-refractivity contribution >= 4 is 5.65 Å². The Labute approximate surface area is 77.4 Å². The molecule has 68 valence electrons. The van der Waals surface area contributed by atoms with Gasteiger partial charge < -0.3 is 4.40 Å². The van der Waals surface area contributed by atoms with E-state index in [9.17, 15) is 0 Å². The largest absolute Gasteiger partial charge is 0.304 e. The Morgan fingerprint density at radius 2 is 2.31 bits per heavy atom. The van der Waals surface area contributed by atoms with Crippen LogP contribution in [0.25, 0.3) is 5.65 Å². The summed E-state index contributed by atoms with van der Waals surface area (Å²) in [4.78, 5) is 8.48. The first kappa shape index (κ1) is 8.23. The number of fused-ring (bicyclic) bond motifs is 1. The highest BCUT2D eigenvalue weighted by atomic mass is 15.0. The highest BCUT2D eigenvalue weighted by Crippen LogP contribution is 2.08. The van der Waals surface area contributed by atoms with Gasteiger partial charge in [0.15, 0.2) is 5.65 Å². The molecule has 0 spiro atoms. The minimum absolute atomic E-state index is 0.651. The summed E-state index contributed by atoms with van der Waals surface area (Å²) >= 11 is 0. The Morgan fingerprint density at radius 3 is 3.00 bits per heavy atom. The van der Waals surface area contributed by atoms with E-state index in [1.165, 1.54) is 0 Å². The second-order valence-electron chi connectivity index (χ2n) is 3.67. The fourth-order valence-corrected chi connectivity index (χ4v) is 1.41. The minimum atomic E-state index is 0.651. The highest BCUT2D eigenvalue weighted by molar-refractivity contribution is 5.36. The molecule has 3 nitrogen and oxygen atoms in total. The highest BCUT2D eigenvalue weighted by Gasteiger charge is 2.02. The lowest BCUT2D eigenvalue weighted by molar-refractivity contribution is 0.638. The molecule has 2 aromatic heterocycles. The lowest BCUT2D eigenvalue weighted by atomic mass is 10.1. The maximum atomic E-state index is 4.45. The Kier molecular flexibility index (Phi) is 2.00. The number of nitrogens with zero attached hydrogens (tertiary/aromatic N) is 3. The fourth-order valence-electron chi connectivity index (χ4n) is 1.41. The standard InChI is InChI=1S/C10H13N3/c1-8(2)5-9-7-13-4-3-11-6-10(13)12-9/h3-4,6-8H,5H2,1-2H3. The zero-order chi connectivity index (χ0) is 9.26. The van der Waals surface area contributed by atoms with Crippen molar-refractivity contribution < 1.29 is 0 Å². The first-order valence-corrected chi connectivity index (χ1v) is 4.53. The van der Waals surface area contributed by atoms with Crippen LogP contribution in [0.4, 0.5) is 0 Å². The molecular formula is C10H13N3. The van der Waals surface area contributed by atoms with Gasteiger partial charge in [-0.2, -0.15) is 0 Å². The van der Waals surface area contributed by atoms with Gasteiger partial charge in [0.05, 0.1) is 11.9 Å². The molecule has 0 aliphatic carbocycles. The maximum absolute atomic E-state index is 4.45. The van der Waals surface area contributed by atoms with Crippen LogP contribution in [0.2, 0.25) is 0 Å². The summed E-state index contributed by atoms with van der Waals surface area (Å²) < 4.78 is 2.00. The lowest BCUT2D eigenvalue weighted by Crippen LogP contribution is -1.93. The quantitative estimate of drug-likeness (QED) is 0.698. The number of imidazole rings is 1. The van der Waals surface area contributed by atoms with Gasteiger partial charge in [-0.3, -0.25) is 4.98 Å². The van der Waals surface area contributed by atoms with Crippen LogP contribution < -0.4 is 0 Å². The molecule has 0 aliphatic heterocycles. The van der Waals surface area contributed by atoms with Crippen LogP contribution >= 0.6 is 0 Å². The first-order chi connectivity index (χ1) is 6.25. The van der Waals surface area contributed by atoms with Crippen molar-refractivity contribution in [2.75, 3.05) is 0 Å². The van der Waals surface area contributed by atoms with Crippen molar-refractivity contribution in [3.63, 3.8) is 0 Å². The van der Waals surface area contributed by atoms with Gasteiger partial charge in [0.1, 0.15) is 0 Å². The van der Waals surface area contributed by atoms with E-state index in [1.807, 2.05) is 10.6 Å². The summed E-state index contributed by atoms with van der Waals surface area (Å²) in [5, 5.41) is 0. The Morgan fingerprint density at radius 1 is 1.46 bits per heavy atom. The maximum Gasteiger partial charge on any atom is 0.155 e. The average molecular weight is 175 g/mol. The Bertz CT molecular complexity index is 370. The van der Waals surface area contributed by atoms with Gasteiger partial charge >= 0.3 is 0 Å². The van der Waals surface area contributed by atoms with E-state index >= 15 is 0 Å². The molecule has 0 amide bonds. The number of rotatable bonds is 2. The van der Waals surface area contributed by atoms with Crippen LogP contribution in [-0.2, 0) is 6.42 Å². The van der Waals surface area contributed by atoms with Crippen molar-refractivity contribution in [2.45, 2.75) is 20.3 Å². The van der Waals surface area contributed by atoms with Crippen molar-refractivity contribution in [3.8, 4) is 0 Å². The van der Waals surface area contributed by atoms with Crippen LogP contribution in [0, 0.1) is 5.92 Å². The van der Waals surface area contributed by atoms with Crippen molar-refractivity contribution in [2.24, 2.45) is 5.92 Å². The second kappa shape index (κ2) is 3.17. The number of hydrogen-bond donors (Lipinski definition) is 0. The molecule has 0 saturated carbocycles. The molecule has 0 saturated heterocycles. The smallest absolute Gasteiger partial charge is 0.155 e. The summed E-state index contributed by atoms with van der Waals surface area (Å²) in [5.74, 6) is 0.651. The predicted octanol–water partition coefficient (Wildman–Crippen LogP) is 1.93. The fraction of sp³-hybridized carbons (Fsp3) is 0.400. The topological polar surface area (TPSA) is 30.2 Å². The van der Waals surface area contributed by atoms with Gasteiger partial charge in [0.2, 0.25) is 0 Å². The molecule has 0 fully saturated rings. The average Bonchev–Trinajstić information content (AvgIpc) is 2.44. The molecule has 13 heavy (non-hydrogen) atoms. The number of aromatic nitrogens is 3. The summed E-state index contributed by atoms with van der Waals surface area (Å²) in [7, 11) is 0. The molecule has 0 radical (unpaired) electrons. The van der Waals surface area contributed by atoms with Crippen LogP contribution in [0.3, 0.4) is 0 Å². The Hall–Kier alpha value is -1.38. The van der Waals surface area contributed by atoms with Crippen LogP contribution in [0.1, 0.15) is 19.5 Å². The van der Waals surface area contributed by atoms with E-state index in [-0.39, 0.29) is 0 Å².